The number of hydrogen-bond acceptors (Lipinski definition) is 7. The maximum Gasteiger partial charge on any atom is 0.226 e. The standard InChI is InChI=1S/C28H26N4O4/c1-16-5-11-21-20(13-16)25-24(27(36-21)17-6-9-19(33-2)10-7-17)26(32-28(31-25)29-15-30-32)18-8-12-22(34-3)23(14-18)35-4/h5-15,26-27H,1-4H3,(H,29,30,31)/t26-,27+/m1/s1. The van der Waals surface area contributed by atoms with Crippen LogP contribution >= 0.6 is 0 Å². The molecule has 0 bridgehead atoms. The van der Waals surface area contributed by atoms with Gasteiger partial charge >= 0.3 is 0 Å². The summed E-state index contributed by atoms with van der Waals surface area (Å²) in [5, 5.41) is 8.14. The highest BCUT2D eigenvalue weighted by atomic mass is 16.5. The van der Waals surface area contributed by atoms with E-state index in [1.165, 1.54) is 0 Å². The average molecular weight is 483 g/mol. The fourth-order valence-electron chi connectivity index (χ4n) is 4.98. The molecule has 4 aromatic rings. The Morgan fingerprint density at radius 3 is 2.39 bits per heavy atom. The number of methoxy groups -OCH3 is 3. The molecule has 182 valence electrons. The predicted octanol–water partition coefficient (Wildman–Crippen LogP) is 5.17. The Kier molecular flexibility index (Phi) is 5.29. The lowest BCUT2D eigenvalue weighted by atomic mass is 9.84. The lowest BCUT2D eigenvalue weighted by Crippen LogP contribution is -2.32. The molecule has 0 spiro atoms. The first-order valence-corrected chi connectivity index (χ1v) is 11.7. The first-order chi connectivity index (χ1) is 17.6. The van der Waals surface area contributed by atoms with Crippen molar-refractivity contribution in [3.8, 4) is 23.0 Å². The van der Waals surface area contributed by atoms with Gasteiger partial charge < -0.3 is 24.3 Å². The molecular weight excluding hydrogens is 456 g/mol. The Morgan fingerprint density at radius 2 is 1.64 bits per heavy atom. The maximum atomic E-state index is 6.70. The van der Waals surface area contributed by atoms with E-state index < -0.39 is 0 Å². The van der Waals surface area contributed by atoms with E-state index in [-0.39, 0.29) is 12.1 Å². The van der Waals surface area contributed by atoms with Gasteiger partial charge in [0, 0.05) is 11.1 Å². The van der Waals surface area contributed by atoms with Crippen molar-refractivity contribution < 1.29 is 18.9 Å². The molecule has 8 heteroatoms. The second-order valence-corrected chi connectivity index (χ2v) is 8.77. The first kappa shape index (κ1) is 22.0. The van der Waals surface area contributed by atoms with E-state index >= 15 is 0 Å². The second kappa shape index (κ2) is 8.64. The molecule has 0 amide bonds. The van der Waals surface area contributed by atoms with Crippen molar-refractivity contribution in [3.05, 3.63) is 94.8 Å². The van der Waals surface area contributed by atoms with Gasteiger partial charge in [-0.25, -0.2) is 4.68 Å². The lowest BCUT2D eigenvalue weighted by Gasteiger charge is -2.39. The van der Waals surface area contributed by atoms with Gasteiger partial charge in [0.2, 0.25) is 5.95 Å². The summed E-state index contributed by atoms with van der Waals surface area (Å²) in [4.78, 5) is 4.51. The van der Waals surface area contributed by atoms with Crippen LogP contribution in [-0.4, -0.2) is 36.1 Å². The molecular formula is C28H26N4O4. The Morgan fingerprint density at radius 1 is 0.861 bits per heavy atom. The summed E-state index contributed by atoms with van der Waals surface area (Å²) in [5.74, 6) is 3.57. The minimum Gasteiger partial charge on any atom is -0.497 e. The SMILES string of the molecule is COc1ccc([C@@H]2Oc3ccc(C)cc3C3=C2[C@@H](c2ccc(OC)c(OC)c2)n2ncnc2N3)cc1. The zero-order valence-electron chi connectivity index (χ0n) is 20.5. The van der Waals surface area contributed by atoms with Gasteiger partial charge in [-0.05, 0) is 54.4 Å². The van der Waals surface area contributed by atoms with Crippen LogP contribution in [0.25, 0.3) is 5.70 Å². The number of nitrogens with zero attached hydrogens (tertiary/aromatic N) is 3. The van der Waals surface area contributed by atoms with Crippen molar-refractivity contribution in [1.82, 2.24) is 14.8 Å². The van der Waals surface area contributed by atoms with Gasteiger partial charge in [-0.3, -0.25) is 0 Å². The van der Waals surface area contributed by atoms with E-state index in [0.29, 0.717) is 17.4 Å². The van der Waals surface area contributed by atoms with E-state index in [1.54, 1.807) is 27.7 Å². The third-order valence-electron chi connectivity index (χ3n) is 6.71. The van der Waals surface area contributed by atoms with Gasteiger partial charge in [0.05, 0.1) is 27.0 Å². The number of aryl methyl sites for hydroxylation is 1. The van der Waals surface area contributed by atoms with Crippen LogP contribution in [0.5, 0.6) is 23.0 Å². The number of rotatable bonds is 5. The molecule has 3 aromatic carbocycles. The van der Waals surface area contributed by atoms with Crippen LogP contribution in [0, 0.1) is 6.92 Å². The number of anilines is 1. The lowest BCUT2D eigenvalue weighted by molar-refractivity contribution is 0.223. The van der Waals surface area contributed by atoms with Crippen LogP contribution in [0.4, 0.5) is 5.95 Å². The van der Waals surface area contributed by atoms with E-state index in [0.717, 1.165) is 45.0 Å². The third-order valence-corrected chi connectivity index (χ3v) is 6.71. The van der Waals surface area contributed by atoms with Crippen LogP contribution in [0.3, 0.4) is 0 Å². The summed E-state index contributed by atoms with van der Waals surface area (Å²) in [5.41, 5.74) is 6.12. The van der Waals surface area contributed by atoms with E-state index in [4.69, 9.17) is 18.9 Å². The normalized spacial score (nSPS) is 17.8. The number of ether oxygens (including phenoxy) is 4. The Hall–Kier alpha value is -4.46. The average Bonchev–Trinajstić information content (AvgIpc) is 3.39. The molecule has 36 heavy (non-hydrogen) atoms. The van der Waals surface area contributed by atoms with Crippen LogP contribution in [0.15, 0.2) is 72.6 Å². The monoisotopic (exact) mass is 482 g/mol. The van der Waals surface area contributed by atoms with Crippen LogP contribution < -0.4 is 24.3 Å². The number of fused-ring (bicyclic) bond motifs is 3. The zero-order valence-corrected chi connectivity index (χ0v) is 20.5. The largest absolute Gasteiger partial charge is 0.497 e. The molecule has 0 unspecified atom stereocenters. The fourth-order valence-corrected chi connectivity index (χ4v) is 4.98. The van der Waals surface area contributed by atoms with Crippen molar-refractivity contribution in [1.29, 1.82) is 0 Å². The van der Waals surface area contributed by atoms with E-state index in [2.05, 4.69) is 34.5 Å². The summed E-state index contributed by atoms with van der Waals surface area (Å²) in [7, 11) is 4.93. The number of aromatic nitrogens is 3. The Labute approximate surface area is 209 Å². The molecule has 0 saturated carbocycles. The molecule has 0 saturated heterocycles. The molecule has 0 radical (unpaired) electrons. The molecule has 3 heterocycles. The van der Waals surface area contributed by atoms with Crippen molar-refractivity contribution in [2.75, 3.05) is 26.6 Å². The van der Waals surface area contributed by atoms with Crippen LogP contribution in [-0.2, 0) is 0 Å². The highest BCUT2D eigenvalue weighted by Gasteiger charge is 2.41. The molecule has 0 fully saturated rings. The van der Waals surface area contributed by atoms with Gasteiger partial charge in [0.1, 0.15) is 30.0 Å². The topological polar surface area (TPSA) is 79.7 Å². The second-order valence-electron chi connectivity index (χ2n) is 8.77. The Balaban J connectivity index is 1.60. The van der Waals surface area contributed by atoms with Crippen molar-refractivity contribution in [2.45, 2.75) is 19.1 Å². The summed E-state index contributed by atoms with van der Waals surface area (Å²) >= 11 is 0. The smallest absolute Gasteiger partial charge is 0.226 e. The van der Waals surface area contributed by atoms with Crippen LogP contribution in [0.1, 0.15) is 34.4 Å². The summed E-state index contributed by atoms with van der Waals surface area (Å²) < 4.78 is 25.1. The summed E-state index contributed by atoms with van der Waals surface area (Å²) in [6.45, 7) is 2.08. The molecule has 8 nitrogen and oxygen atoms in total. The van der Waals surface area contributed by atoms with E-state index in [9.17, 15) is 0 Å². The van der Waals surface area contributed by atoms with Crippen molar-refractivity contribution in [2.24, 2.45) is 0 Å². The first-order valence-electron chi connectivity index (χ1n) is 11.7. The molecule has 1 N–H and O–H groups in total. The number of benzene rings is 3. The molecule has 2 aliphatic rings. The Bertz CT molecular complexity index is 1480. The van der Waals surface area contributed by atoms with Gasteiger partial charge in [-0.1, -0.05) is 29.8 Å². The van der Waals surface area contributed by atoms with Gasteiger partial charge in [0.25, 0.3) is 0 Å². The highest BCUT2D eigenvalue weighted by Crippen LogP contribution is 2.51. The molecule has 1 aromatic heterocycles. The van der Waals surface area contributed by atoms with Crippen molar-refractivity contribution >= 4 is 11.6 Å². The number of hydrogen-bond donors (Lipinski definition) is 1. The maximum absolute atomic E-state index is 6.70. The summed E-state index contributed by atoms with van der Waals surface area (Å²) in [6.07, 6.45) is 1.19. The highest BCUT2D eigenvalue weighted by molar-refractivity contribution is 5.85. The molecule has 6 rings (SSSR count). The van der Waals surface area contributed by atoms with Gasteiger partial charge in [0.15, 0.2) is 11.5 Å². The minimum absolute atomic E-state index is 0.292. The van der Waals surface area contributed by atoms with Crippen molar-refractivity contribution in [3.63, 3.8) is 0 Å². The zero-order chi connectivity index (χ0) is 24.8. The van der Waals surface area contributed by atoms with Gasteiger partial charge in [-0.15, -0.1) is 0 Å². The van der Waals surface area contributed by atoms with Gasteiger partial charge in [-0.2, -0.15) is 10.1 Å². The predicted molar refractivity (Wildman–Crippen MR) is 136 cm³/mol. The third kappa shape index (κ3) is 3.45. The quantitative estimate of drug-likeness (QED) is 0.420. The van der Waals surface area contributed by atoms with Crippen LogP contribution in [0.2, 0.25) is 0 Å². The number of nitrogens with one attached hydrogen (secondary N) is 1. The minimum atomic E-state index is -0.371. The molecule has 0 aliphatic carbocycles. The fraction of sp³-hybridized carbons (Fsp3) is 0.214. The summed E-state index contributed by atoms with van der Waals surface area (Å²) in [6, 6.07) is 19.8. The molecule has 2 atom stereocenters. The van der Waals surface area contributed by atoms with E-state index in [1.807, 2.05) is 53.2 Å². The molecule has 2 aliphatic heterocycles.